The maximum absolute atomic E-state index is 10.5. The summed E-state index contributed by atoms with van der Waals surface area (Å²) < 4.78 is 0. The van der Waals surface area contributed by atoms with Gasteiger partial charge in [-0.05, 0) is 19.3 Å². The summed E-state index contributed by atoms with van der Waals surface area (Å²) in [4.78, 5) is 12.2. The van der Waals surface area contributed by atoms with E-state index in [1.807, 2.05) is 0 Å². The molecule has 1 amide bonds. The summed E-state index contributed by atoms with van der Waals surface area (Å²) in [5.41, 5.74) is 0. The van der Waals surface area contributed by atoms with Crippen molar-refractivity contribution >= 4 is 13.7 Å². The fourth-order valence-electron chi connectivity index (χ4n) is 1.11. The van der Waals surface area contributed by atoms with Gasteiger partial charge in [-0.15, -0.1) is 0 Å². The van der Waals surface area contributed by atoms with Crippen molar-refractivity contribution in [2.45, 2.75) is 19.3 Å². The van der Waals surface area contributed by atoms with Crippen LogP contribution in [0, 0.1) is 0 Å². The molecule has 9 heavy (non-hydrogen) atoms. The minimum atomic E-state index is -0.269. The molecule has 0 saturated carbocycles. The molecule has 1 heterocycles. The molecule has 1 aliphatic rings. The van der Waals surface area contributed by atoms with Crippen LogP contribution in [0.15, 0.2) is 0 Å². The number of likely N-dealkylation sites (tertiary alicyclic amines) is 1. The fourth-order valence-corrected chi connectivity index (χ4v) is 1.11. The molecule has 0 aromatic heterocycles. The number of nitrogens with zero attached hydrogens (tertiary/aromatic N) is 1. The lowest BCUT2D eigenvalue weighted by Crippen LogP contribution is -2.34. The maximum atomic E-state index is 10.5. The Hall–Kier alpha value is -0.465. The van der Waals surface area contributed by atoms with E-state index in [-0.39, 0.29) is 5.81 Å². The molecule has 2 nitrogen and oxygen atoms in total. The molecule has 0 atom stereocenters. The van der Waals surface area contributed by atoms with Gasteiger partial charge in [-0.25, -0.2) is 0 Å². The highest BCUT2D eigenvalue weighted by atomic mass is 16.1. The van der Waals surface area contributed by atoms with Crippen LogP contribution in [0.25, 0.3) is 0 Å². The highest BCUT2D eigenvalue weighted by Crippen LogP contribution is 2.07. The lowest BCUT2D eigenvalue weighted by atomic mass is 10.0. The maximum Gasteiger partial charge on any atom is 0.200 e. The van der Waals surface area contributed by atoms with Crippen LogP contribution in [-0.4, -0.2) is 31.6 Å². The number of hydrogen-bond acceptors (Lipinski definition) is 1. The molecule has 0 aromatic rings. The second kappa shape index (κ2) is 2.90. The first kappa shape index (κ1) is 6.65. The number of carbonyl (C=O) groups is 1. The molecule has 0 aromatic carbocycles. The van der Waals surface area contributed by atoms with Gasteiger partial charge >= 0.3 is 0 Å². The molecule has 0 aliphatic carbocycles. The van der Waals surface area contributed by atoms with Gasteiger partial charge in [0.2, 0.25) is 7.85 Å². The van der Waals surface area contributed by atoms with Crippen molar-refractivity contribution in [2.75, 3.05) is 13.1 Å². The summed E-state index contributed by atoms with van der Waals surface area (Å²) in [6.45, 7) is 1.71. The van der Waals surface area contributed by atoms with Crippen LogP contribution < -0.4 is 0 Å². The van der Waals surface area contributed by atoms with Crippen LogP contribution in [-0.2, 0) is 0 Å². The zero-order chi connectivity index (χ0) is 6.69. The van der Waals surface area contributed by atoms with E-state index in [0.717, 1.165) is 25.9 Å². The molecule has 0 bridgehead atoms. The number of hydrogen-bond donors (Lipinski definition) is 0. The molecule has 1 rings (SSSR count). The quantitative estimate of drug-likeness (QED) is 0.435. The fraction of sp³-hybridized carbons (Fsp3) is 0.833. The summed E-state index contributed by atoms with van der Waals surface area (Å²) in [6, 6.07) is 0. The van der Waals surface area contributed by atoms with Gasteiger partial charge in [0.05, 0.1) is 0 Å². The number of amides is 1. The molecular formula is C6H10BNO. The van der Waals surface area contributed by atoms with Crippen molar-refractivity contribution in [3.8, 4) is 0 Å². The molecule has 3 heteroatoms. The molecular weight excluding hydrogens is 113 g/mol. The standard InChI is InChI=1S/C6H10BNO/c7-6(9)8-4-2-1-3-5-8/h1-5H2. The van der Waals surface area contributed by atoms with Crippen LogP contribution in [0.1, 0.15) is 19.3 Å². The summed E-state index contributed by atoms with van der Waals surface area (Å²) in [5, 5.41) is 0. The molecule has 2 radical (unpaired) electrons. The molecule has 1 aliphatic heterocycles. The second-order valence-electron chi connectivity index (χ2n) is 2.39. The molecule has 1 fully saturated rings. The first-order valence-electron chi connectivity index (χ1n) is 3.35. The topological polar surface area (TPSA) is 20.3 Å². The zero-order valence-electron chi connectivity index (χ0n) is 5.47. The van der Waals surface area contributed by atoms with Gasteiger partial charge in [0.15, 0.2) is 5.81 Å². The highest BCUT2D eigenvalue weighted by Gasteiger charge is 2.10. The summed E-state index contributed by atoms with van der Waals surface area (Å²) in [7, 11) is 5.05. The Labute approximate surface area is 56.6 Å². The number of carbonyl (C=O) groups excluding carboxylic acids is 1. The van der Waals surface area contributed by atoms with Crippen LogP contribution in [0.4, 0.5) is 4.79 Å². The van der Waals surface area contributed by atoms with E-state index in [4.69, 9.17) is 7.85 Å². The van der Waals surface area contributed by atoms with Crippen molar-refractivity contribution in [1.29, 1.82) is 0 Å². The Balaban J connectivity index is 2.31. The van der Waals surface area contributed by atoms with E-state index < -0.39 is 0 Å². The van der Waals surface area contributed by atoms with E-state index in [1.165, 1.54) is 6.42 Å². The molecule has 48 valence electrons. The minimum Gasteiger partial charge on any atom is -0.353 e. The Morgan fingerprint density at radius 3 is 2.11 bits per heavy atom. The molecule has 1 saturated heterocycles. The van der Waals surface area contributed by atoms with Crippen LogP contribution in [0.5, 0.6) is 0 Å². The van der Waals surface area contributed by atoms with E-state index in [9.17, 15) is 4.79 Å². The smallest absolute Gasteiger partial charge is 0.200 e. The molecule has 0 spiro atoms. The van der Waals surface area contributed by atoms with Crippen molar-refractivity contribution < 1.29 is 4.79 Å². The summed E-state index contributed by atoms with van der Waals surface area (Å²) in [6.07, 6.45) is 3.47. The Morgan fingerprint density at radius 2 is 1.78 bits per heavy atom. The van der Waals surface area contributed by atoms with E-state index in [2.05, 4.69) is 0 Å². The predicted molar refractivity (Wildman–Crippen MR) is 36.6 cm³/mol. The van der Waals surface area contributed by atoms with Crippen molar-refractivity contribution in [1.82, 2.24) is 4.90 Å². The van der Waals surface area contributed by atoms with Crippen LogP contribution in [0.3, 0.4) is 0 Å². The normalized spacial score (nSPS) is 19.8. The lowest BCUT2D eigenvalue weighted by Gasteiger charge is -2.25. The zero-order valence-corrected chi connectivity index (χ0v) is 5.47. The van der Waals surface area contributed by atoms with Gasteiger partial charge in [-0.3, -0.25) is 4.79 Å². The molecule has 0 unspecified atom stereocenters. The Kier molecular flexibility index (Phi) is 2.14. The molecule has 0 N–H and O–H groups in total. The predicted octanol–water partition coefficient (Wildman–Crippen LogP) is 0.761. The van der Waals surface area contributed by atoms with Gasteiger partial charge in [0.25, 0.3) is 0 Å². The van der Waals surface area contributed by atoms with Crippen molar-refractivity contribution in [3.05, 3.63) is 0 Å². The van der Waals surface area contributed by atoms with Crippen LogP contribution >= 0.6 is 0 Å². The van der Waals surface area contributed by atoms with Gasteiger partial charge in [-0.2, -0.15) is 0 Å². The lowest BCUT2D eigenvalue weighted by molar-refractivity contribution is 0.210. The number of piperidine rings is 1. The highest BCUT2D eigenvalue weighted by molar-refractivity contribution is 6.56. The van der Waals surface area contributed by atoms with Gasteiger partial charge < -0.3 is 4.90 Å². The first-order valence-corrected chi connectivity index (χ1v) is 3.35. The SMILES string of the molecule is [B]C(=O)N1CCCCC1. The third-order valence-corrected chi connectivity index (χ3v) is 1.67. The van der Waals surface area contributed by atoms with E-state index >= 15 is 0 Å². The monoisotopic (exact) mass is 123 g/mol. The van der Waals surface area contributed by atoms with Crippen LogP contribution in [0.2, 0.25) is 0 Å². The number of rotatable bonds is 0. The van der Waals surface area contributed by atoms with Gasteiger partial charge in [0, 0.05) is 13.1 Å². The first-order chi connectivity index (χ1) is 4.30. The van der Waals surface area contributed by atoms with Gasteiger partial charge in [0.1, 0.15) is 0 Å². The average molecular weight is 123 g/mol. The third-order valence-electron chi connectivity index (χ3n) is 1.67. The van der Waals surface area contributed by atoms with Crippen molar-refractivity contribution in [3.63, 3.8) is 0 Å². The third kappa shape index (κ3) is 1.73. The Morgan fingerprint density at radius 1 is 1.22 bits per heavy atom. The largest absolute Gasteiger partial charge is 0.353 e. The average Bonchev–Trinajstić information content (AvgIpc) is 1.90. The van der Waals surface area contributed by atoms with E-state index in [1.54, 1.807) is 4.90 Å². The Bertz CT molecular complexity index is 110. The second-order valence-corrected chi connectivity index (χ2v) is 2.39. The summed E-state index contributed by atoms with van der Waals surface area (Å²) in [5.74, 6) is -0.269. The van der Waals surface area contributed by atoms with Crippen molar-refractivity contribution in [2.24, 2.45) is 0 Å². The minimum absolute atomic E-state index is 0.269. The van der Waals surface area contributed by atoms with Gasteiger partial charge in [-0.1, -0.05) is 0 Å². The summed E-state index contributed by atoms with van der Waals surface area (Å²) >= 11 is 0. The van der Waals surface area contributed by atoms with E-state index in [0.29, 0.717) is 0 Å².